The van der Waals surface area contributed by atoms with Gasteiger partial charge in [0, 0.05) is 5.56 Å². The summed E-state index contributed by atoms with van der Waals surface area (Å²) in [5.74, 6) is 1.13. The van der Waals surface area contributed by atoms with E-state index in [2.05, 4.69) is 20.4 Å². The van der Waals surface area contributed by atoms with Gasteiger partial charge in [0.05, 0.1) is 29.2 Å². The smallest absolute Gasteiger partial charge is 0.322 e. The number of aromatic nitrogens is 3. The van der Waals surface area contributed by atoms with Crippen molar-refractivity contribution in [3.8, 4) is 11.8 Å². The first kappa shape index (κ1) is 17.6. The molecular weight excluding hydrogens is 332 g/mol. The molecule has 1 N–H and O–H groups in total. The van der Waals surface area contributed by atoms with E-state index in [1.807, 2.05) is 37.3 Å². The van der Waals surface area contributed by atoms with Crippen LogP contribution < -0.4 is 10.1 Å². The minimum Gasteiger partial charge on any atom is -0.424 e. The largest absolute Gasteiger partial charge is 0.424 e. The molecule has 1 amide bonds. The molecule has 0 unspecified atom stereocenters. The summed E-state index contributed by atoms with van der Waals surface area (Å²) in [6.45, 7) is 7.21. The van der Waals surface area contributed by atoms with Crippen LogP contribution in [0.2, 0.25) is 0 Å². The first-order chi connectivity index (χ1) is 12.4. The van der Waals surface area contributed by atoms with Gasteiger partial charge in [0.1, 0.15) is 11.5 Å². The third kappa shape index (κ3) is 3.88. The van der Waals surface area contributed by atoms with Gasteiger partial charge in [0.15, 0.2) is 0 Å². The average molecular weight is 352 g/mol. The Hall–Kier alpha value is -3.22. The van der Waals surface area contributed by atoms with Crippen LogP contribution in [0.1, 0.15) is 28.4 Å². The highest BCUT2D eigenvalue weighted by Crippen LogP contribution is 2.23. The summed E-state index contributed by atoms with van der Waals surface area (Å²) in [6.07, 6.45) is 0.183. The van der Waals surface area contributed by atoms with Crippen LogP contribution in [-0.4, -0.2) is 21.0 Å². The molecule has 0 atom stereocenters. The lowest BCUT2D eigenvalue weighted by atomic mass is 10.1. The van der Waals surface area contributed by atoms with Gasteiger partial charge in [-0.05, 0) is 39.8 Å². The number of hydrogen-bond donors (Lipinski definition) is 1. The van der Waals surface area contributed by atoms with Crippen LogP contribution >= 0.6 is 0 Å². The van der Waals surface area contributed by atoms with E-state index in [0.29, 0.717) is 34.3 Å². The Kier molecular flexibility index (Phi) is 4.97. The average Bonchev–Trinajstić information content (AvgIpc) is 2.91. The number of carbonyl (C=O) groups excluding carboxylic acids is 1. The molecule has 3 aromatic rings. The number of para-hydroxylation sites is 1. The highest BCUT2D eigenvalue weighted by molar-refractivity contribution is 5.93. The number of anilines is 1. The zero-order chi connectivity index (χ0) is 18.7. The van der Waals surface area contributed by atoms with Crippen molar-refractivity contribution >= 4 is 11.6 Å². The summed E-state index contributed by atoms with van der Waals surface area (Å²) in [6, 6.07) is 9.55. The molecule has 0 aliphatic carbocycles. The Morgan fingerprint density at radius 3 is 2.27 bits per heavy atom. The molecule has 0 aliphatic heterocycles. The van der Waals surface area contributed by atoms with E-state index in [0.717, 1.165) is 5.56 Å². The molecule has 0 saturated heterocycles. The van der Waals surface area contributed by atoms with E-state index in [4.69, 9.17) is 9.26 Å². The molecule has 0 bridgehead atoms. The Labute approximate surface area is 151 Å². The van der Waals surface area contributed by atoms with Crippen molar-refractivity contribution < 1.29 is 14.1 Å². The lowest BCUT2D eigenvalue weighted by Crippen LogP contribution is -2.18. The van der Waals surface area contributed by atoms with Gasteiger partial charge < -0.3 is 14.6 Å². The molecule has 7 heteroatoms. The molecule has 0 fully saturated rings. The quantitative estimate of drug-likeness (QED) is 0.753. The van der Waals surface area contributed by atoms with E-state index in [9.17, 15) is 4.79 Å². The Bertz CT molecular complexity index is 893. The zero-order valence-corrected chi connectivity index (χ0v) is 15.2. The lowest BCUT2D eigenvalue weighted by molar-refractivity contribution is -0.115. The first-order valence-corrected chi connectivity index (χ1v) is 8.23. The van der Waals surface area contributed by atoms with Gasteiger partial charge in [0.25, 0.3) is 0 Å². The van der Waals surface area contributed by atoms with Gasteiger partial charge in [0.2, 0.25) is 5.91 Å². The molecule has 26 heavy (non-hydrogen) atoms. The maximum atomic E-state index is 12.4. The molecular formula is C19H20N4O3. The first-order valence-electron chi connectivity index (χ1n) is 8.23. The second-order valence-electron chi connectivity index (χ2n) is 5.99. The molecule has 2 heterocycles. The molecule has 0 spiro atoms. The van der Waals surface area contributed by atoms with E-state index < -0.39 is 0 Å². The normalized spacial score (nSPS) is 10.6. The fraction of sp³-hybridized carbons (Fsp3) is 0.263. The monoisotopic (exact) mass is 352 g/mol. The maximum Gasteiger partial charge on any atom is 0.322 e. The highest BCUT2D eigenvalue weighted by Gasteiger charge is 2.17. The maximum absolute atomic E-state index is 12.4. The van der Waals surface area contributed by atoms with Crippen LogP contribution in [0.25, 0.3) is 0 Å². The van der Waals surface area contributed by atoms with Gasteiger partial charge in [-0.1, -0.05) is 23.4 Å². The summed E-state index contributed by atoms with van der Waals surface area (Å²) >= 11 is 0. The van der Waals surface area contributed by atoms with Crippen LogP contribution in [-0.2, 0) is 11.2 Å². The summed E-state index contributed by atoms with van der Waals surface area (Å²) in [5.41, 5.74) is 3.37. The van der Waals surface area contributed by atoms with Crippen LogP contribution in [0.5, 0.6) is 11.8 Å². The van der Waals surface area contributed by atoms with E-state index in [-0.39, 0.29) is 18.3 Å². The van der Waals surface area contributed by atoms with Crippen molar-refractivity contribution in [3.05, 3.63) is 58.7 Å². The third-order valence-corrected chi connectivity index (χ3v) is 3.99. The standard InChI is InChI=1S/C19H20N4O3/c1-11-16(14(4)26-23-11)10-17(24)22-18-12(2)20-19(21-13(18)3)25-15-8-6-5-7-9-15/h5-9H,10H2,1-4H3,(H,22,24). The Morgan fingerprint density at radius 1 is 1.04 bits per heavy atom. The second kappa shape index (κ2) is 7.35. The molecule has 0 radical (unpaired) electrons. The predicted molar refractivity (Wildman–Crippen MR) is 96.3 cm³/mol. The van der Waals surface area contributed by atoms with Crippen molar-refractivity contribution in [1.29, 1.82) is 0 Å². The fourth-order valence-corrected chi connectivity index (χ4v) is 2.60. The summed E-state index contributed by atoms with van der Waals surface area (Å²) in [5, 5.41) is 6.74. The van der Waals surface area contributed by atoms with Crippen LogP contribution in [0.3, 0.4) is 0 Å². The van der Waals surface area contributed by atoms with E-state index in [1.54, 1.807) is 20.8 Å². The minimum absolute atomic E-state index is 0.175. The molecule has 7 nitrogen and oxygen atoms in total. The summed E-state index contributed by atoms with van der Waals surface area (Å²) < 4.78 is 10.8. The predicted octanol–water partition coefficient (Wildman–Crippen LogP) is 3.67. The number of aryl methyl sites for hydroxylation is 4. The number of amides is 1. The number of benzene rings is 1. The second-order valence-corrected chi connectivity index (χ2v) is 5.99. The van der Waals surface area contributed by atoms with Crippen molar-refractivity contribution in [1.82, 2.24) is 15.1 Å². The van der Waals surface area contributed by atoms with Crippen LogP contribution in [0.4, 0.5) is 5.69 Å². The number of hydrogen-bond acceptors (Lipinski definition) is 6. The van der Waals surface area contributed by atoms with Gasteiger partial charge in [-0.15, -0.1) is 0 Å². The third-order valence-electron chi connectivity index (χ3n) is 3.99. The van der Waals surface area contributed by atoms with E-state index >= 15 is 0 Å². The van der Waals surface area contributed by atoms with Crippen molar-refractivity contribution in [2.24, 2.45) is 0 Å². The number of rotatable bonds is 5. The molecule has 0 saturated carbocycles. The fourth-order valence-electron chi connectivity index (χ4n) is 2.60. The number of nitrogens with one attached hydrogen (secondary N) is 1. The molecule has 1 aromatic carbocycles. The summed E-state index contributed by atoms with van der Waals surface area (Å²) in [4.78, 5) is 21.1. The van der Waals surface area contributed by atoms with Gasteiger partial charge in [-0.3, -0.25) is 4.79 Å². The zero-order valence-electron chi connectivity index (χ0n) is 15.2. The van der Waals surface area contributed by atoms with Crippen molar-refractivity contribution in [2.45, 2.75) is 34.1 Å². The van der Waals surface area contributed by atoms with Crippen molar-refractivity contribution in [3.63, 3.8) is 0 Å². The van der Waals surface area contributed by atoms with Crippen LogP contribution in [0.15, 0.2) is 34.9 Å². The SMILES string of the molecule is Cc1noc(C)c1CC(=O)Nc1c(C)nc(Oc2ccccc2)nc1C. The number of carbonyl (C=O) groups is 1. The van der Waals surface area contributed by atoms with Crippen molar-refractivity contribution in [2.75, 3.05) is 5.32 Å². The Morgan fingerprint density at radius 2 is 1.69 bits per heavy atom. The Balaban J connectivity index is 1.75. The van der Waals surface area contributed by atoms with Crippen LogP contribution in [0, 0.1) is 27.7 Å². The number of ether oxygens (including phenoxy) is 1. The molecule has 0 aliphatic rings. The van der Waals surface area contributed by atoms with Gasteiger partial charge in [-0.2, -0.15) is 9.97 Å². The topological polar surface area (TPSA) is 90.1 Å². The van der Waals surface area contributed by atoms with E-state index in [1.165, 1.54) is 0 Å². The molecule has 134 valence electrons. The lowest BCUT2D eigenvalue weighted by Gasteiger charge is -2.12. The molecule has 3 rings (SSSR count). The van der Waals surface area contributed by atoms with Gasteiger partial charge >= 0.3 is 6.01 Å². The minimum atomic E-state index is -0.175. The highest BCUT2D eigenvalue weighted by atomic mass is 16.5. The molecule has 2 aromatic heterocycles. The van der Waals surface area contributed by atoms with Gasteiger partial charge in [-0.25, -0.2) is 0 Å². The number of nitrogens with zero attached hydrogens (tertiary/aromatic N) is 3. The summed E-state index contributed by atoms with van der Waals surface area (Å²) in [7, 11) is 0.